The van der Waals surface area contributed by atoms with Crippen molar-refractivity contribution < 1.29 is 0 Å². The van der Waals surface area contributed by atoms with Gasteiger partial charge in [0.15, 0.2) is 0 Å². The maximum absolute atomic E-state index is 3.73. The van der Waals surface area contributed by atoms with Crippen LogP contribution in [0.25, 0.3) is 11.3 Å². The molecule has 4 aliphatic carbocycles. The van der Waals surface area contributed by atoms with E-state index in [2.05, 4.69) is 150 Å². The minimum Gasteiger partial charge on any atom is -0.382 e. The topological polar surface area (TPSA) is 15.3 Å². The quantitative estimate of drug-likeness (QED) is 0.291. The van der Waals surface area contributed by atoms with E-state index in [4.69, 9.17) is 0 Å². The second-order valence-corrected chi connectivity index (χ2v) is 18.0. The largest absolute Gasteiger partial charge is 0.382 e. The normalized spacial score (nSPS) is 29.2. The first kappa shape index (κ1) is 31.4. The van der Waals surface area contributed by atoms with Crippen molar-refractivity contribution in [2.45, 2.75) is 95.7 Å². The van der Waals surface area contributed by atoms with Gasteiger partial charge in [0, 0.05) is 55.0 Å². The van der Waals surface area contributed by atoms with Gasteiger partial charge in [-0.1, -0.05) is 103 Å². The van der Waals surface area contributed by atoms with Gasteiger partial charge in [0.25, 0.3) is 0 Å². The zero-order chi connectivity index (χ0) is 34.4. The molecule has 11 rings (SSSR count). The fraction of sp³-hybridized carbons (Fsp3) is 0.292. The van der Waals surface area contributed by atoms with Crippen molar-refractivity contribution in [3.05, 3.63) is 172 Å². The van der Waals surface area contributed by atoms with Crippen LogP contribution in [0.3, 0.4) is 0 Å². The third-order valence-electron chi connectivity index (χ3n) is 12.8. The fourth-order valence-corrected chi connectivity index (χ4v) is 13.1. The Hall–Kier alpha value is -4.12. The molecule has 0 saturated carbocycles. The first-order chi connectivity index (χ1) is 25.7. The molecular weight excluding hydrogens is 669 g/mol. The summed E-state index contributed by atoms with van der Waals surface area (Å²) in [4.78, 5) is 6.95. The standard InChI is InChI=1S/C48H44N2S2/c1-30-19-24-41(49-30)33-20-23-39-47(29-33)52-45-18-10-7-15-38(45)48(39)37-14-6-9-17-44(37)51-46-26-22-32(28-40(46)48)31-21-25-43-36(27-31)35-13-5-8-16-42(35)50(43)34-11-3-2-4-12-34/h3,5-7,9-15,18,20,22-24,26-30,36,43-44,49H,2,4,8,16-17,19,21,25H2,1H3. The number of allylic oxidation sites excluding steroid dienone is 10. The molecule has 5 unspecified atom stereocenters. The molecule has 3 aromatic carbocycles. The van der Waals surface area contributed by atoms with Crippen molar-refractivity contribution in [2.75, 3.05) is 0 Å². The maximum atomic E-state index is 3.73. The highest BCUT2D eigenvalue weighted by atomic mass is 32.2. The van der Waals surface area contributed by atoms with Gasteiger partial charge in [-0.05, 0) is 133 Å². The summed E-state index contributed by atoms with van der Waals surface area (Å²) in [7, 11) is 0. The molecule has 1 spiro atoms. The smallest absolute Gasteiger partial charge is 0.0708 e. The van der Waals surface area contributed by atoms with E-state index >= 15 is 0 Å². The van der Waals surface area contributed by atoms with Gasteiger partial charge >= 0.3 is 0 Å². The van der Waals surface area contributed by atoms with E-state index < -0.39 is 0 Å². The lowest BCUT2D eigenvalue weighted by molar-refractivity contribution is 0.292. The zero-order valence-electron chi connectivity index (χ0n) is 29.8. The lowest BCUT2D eigenvalue weighted by atomic mass is 9.62. The van der Waals surface area contributed by atoms with Crippen LogP contribution < -0.4 is 5.32 Å². The van der Waals surface area contributed by atoms with Gasteiger partial charge in [-0.3, -0.25) is 0 Å². The van der Waals surface area contributed by atoms with Crippen molar-refractivity contribution >= 4 is 34.8 Å². The van der Waals surface area contributed by atoms with E-state index in [1.54, 1.807) is 16.8 Å². The molecule has 5 atom stereocenters. The van der Waals surface area contributed by atoms with Gasteiger partial charge in [-0.25, -0.2) is 0 Å². The molecule has 4 heteroatoms. The maximum Gasteiger partial charge on any atom is 0.0708 e. The average molecular weight is 713 g/mol. The Balaban J connectivity index is 1.08. The van der Waals surface area contributed by atoms with Gasteiger partial charge < -0.3 is 10.2 Å². The van der Waals surface area contributed by atoms with Crippen LogP contribution in [0.5, 0.6) is 0 Å². The predicted octanol–water partition coefficient (Wildman–Crippen LogP) is 11.9. The van der Waals surface area contributed by atoms with Crippen LogP contribution in [0.15, 0.2) is 159 Å². The third kappa shape index (κ3) is 4.66. The van der Waals surface area contributed by atoms with Gasteiger partial charge in [0.1, 0.15) is 0 Å². The molecule has 0 fully saturated rings. The van der Waals surface area contributed by atoms with Crippen LogP contribution in [-0.2, 0) is 5.41 Å². The second kappa shape index (κ2) is 12.2. The van der Waals surface area contributed by atoms with Crippen molar-refractivity contribution in [1.29, 1.82) is 0 Å². The molecule has 4 aliphatic heterocycles. The highest BCUT2D eigenvalue weighted by Gasteiger charge is 2.52. The molecule has 0 aromatic heterocycles. The van der Waals surface area contributed by atoms with Crippen molar-refractivity contribution in [1.82, 2.24) is 10.2 Å². The number of nitrogens with one attached hydrogen (secondary N) is 1. The van der Waals surface area contributed by atoms with Crippen molar-refractivity contribution in [3.63, 3.8) is 0 Å². The molecule has 4 heterocycles. The molecule has 8 aliphatic rings. The van der Waals surface area contributed by atoms with Gasteiger partial charge in [0.2, 0.25) is 0 Å². The fourth-order valence-electron chi connectivity index (χ4n) is 10.5. The Morgan fingerprint density at radius 3 is 2.60 bits per heavy atom. The molecule has 3 aromatic rings. The summed E-state index contributed by atoms with van der Waals surface area (Å²) in [6, 6.07) is 25.2. The van der Waals surface area contributed by atoms with E-state index in [-0.39, 0.29) is 5.41 Å². The number of fused-ring (bicyclic) bond motifs is 10. The summed E-state index contributed by atoms with van der Waals surface area (Å²) >= 11 is 4.04. The summed E-state index contributed by atoms with van der Waals surface area (Å²) in [6.07, 6.45) is 33.4. The minimum absolute atomic E-state index is 0.337. The molecule has 2 nitrogen and oxygen atoms in total. The SMILES string of the molecule is CC1CC=C(c2ccc3c(c2)Sc2ccccc2C32C3=CC=CCC3Sc3ccc(C4=CC5C6=C(CCC=C6)N(C6=CCCC=C6)C5CC4)cc32)N1. The highest BCUT2D eigenvalue weighted by molar-refractivity contribution is 8.00. The molecular formula is C48H44N2S2. The van der Waals surface area contributed by atoms with Crippen molar-refractivity contribution in [2.24, 2.45) is 5.92 Å². The third-order valence-corrected chi connectivity index (χ3v) is 15.2. The van der Waals surface area contributed by atoms with Gasteiger partial charge in [-0.2, -0.15) is 0 Å². The molecule has 0 bridgehead atoms. The second-order valence-electron chi connectivity index (χ2n) is 15.7. The van der Waals surface area contributed by atoms with Crippen molar-refractivity contribution in [3.8, 4) is 0 Å². The number of hydrogen-bond donors (Lipinski definition) is 1. The zero-order valence-corrected chi connectivity index (χ0v) is 31.4. The molecule has 0 radical (unpaired) electrons. The monoisotopic (exact) mass is 712 g/mol. The number of benzene rings is 3. The molecule has 0 saturated heterocycles. The number of thioether (sulfide) groups is 1. The Bertz CT molecular complexity index is 2290. The van der Waals surface area contributed by atoms with Crippen LogP contribution in [0.4, 0.5) is 0 Å². The number of rotatable bonds is 3. The van der Waals surface area contributed by atoms with Gasteiger partial charge in [-0.15, -0.1) is 11.8 Å². The lowest BCUT2D eigenvalue weighted by Gasteiger charge is -2.49. The van der Waals surface area contributed by atoms with Crippen LogP contribution in [0.1, 0.15) is 86.1 Å². The highest BCUT2D eigenvalue weighted by Crippen LogP contribution is 2.63. The number of nitrogens with zero attached hydrogens (tertiary/aromatic N) is 1. The predicted molar refractivity (Wildman–Crippen MR) is 218 cm³/mol. The summed E-state index contributed by atoms with van der Waals surface area (Å²) < 4.78 is 0. The average Bonchev–Trinajstić information content (AvgIpc) is 3.78. The van der Waals surface area contributed by atoms with Gasteiger partial charge in [0.05, 0.1) is 5.41 Å². The van der Waals surface area contributed by atoms with E-state index in [1.165, 1.54) is 65.9 Å². The Kier molecular flexibility index (Phi) is 7.38. The van der Waals surface area contributed by atoms with Crippen LogP contribution >= 0.6 is 23.5 Å². The Morgan fingerprint density at radius 2 is 1.69 bits per heavy atom. The Morgan fingerprint density at radius 1 is 0.788 bits per heavy atom. The molecule has 258 valence electrons. The minimum atomic E-state index is -0.337. The first-order valence-electron chi connectivity index (χ1n) is 19.5. The molecule has 0 amide bonds. The summed E-state index contributed by atoms with van der Waals surface area (Å²) in [5, 5.41) is 4.15. The first-order valence-corrected chi connectivity index (χ1v) is 21.2. The van der Waals surface area contributed by atoms with E-state index in [0.717, 1.165) is 44.9 Å². The van der Waals surface area contributed by atoms with Crippen LogP contribution in [-0.4, -0.2) is 22.2 Å². The van der Waals surface area contributed by atoms with Crippen LogP contribution in [0, 0.1) is 5.92 Å². The number of hydrogen-bond acceptors (Lipinski definition) is 4. The lowest BCUT2D eigenvalue weighted by Crippen LogP contribution is -2.42. The molecule has 1 N–H and O–H groups in total. The summed E-state index contributed by atoms with van der Waals surface area (Å²) in [5.41, 5.74) is 15.6. The summed E-state index contributed by atoms with van der Waals surface area (Å²) in [5.74, 6) is 0.439. The summed E-state index contributed by atoms with van der Waals surface area (Å²) in [6.45, 7) is 2.28. The Labute approximate surface area is 316 Å². The van der Waals surface area contributed by atoms with E-state index in [0.29, 0.717) is 23.3 Å². The van der Waals surface area contributed by atoms with Crippen LogP contribution in [0.2, 0.25) is 0 Å². The van der Waals surface area contributed by atoms with E-state index in [9.17, 15) is 0 Å². The van der Waals surface area contributed by atoms with E-state index in [1.807, 2.05) is 11.8 Å². The molecule has 52 heavy (non-hydrogen) atoms.